The third-order valence-corrected chi connectivity index (χ3v) is 34.2. The Kier molecular flexibility index (Phi) is 31.7. The summed E-state index contributed by atoms with van der Waals surface area (Å²) in [4.78, 5) is 44.6. The molecular weight excluding hydrogens is 1640 g/mol. The third-order valence-electron chi connectivity index (χ3n) is 23.2. The number of phenols is 1. The Hall–Kier alpha value is -11.6. The molecule has 4 fully saturated rings. The molecule has 0 saturated heterocycles. The average molecular weight is 1760 g/mol. The van der Waals surface area contributed by atoms with Crippen LogP contribution in [0.15, 0.2) is 450 Å². The van der Waals surface area contributed by atoms with E-state index in [0.29, 0.717) is 29.8 Å². The number of benzene rings is 15. The highest BCUT2D eigenvalue weighted by Gasteiger charge is 2.52. The van der Waals surface area contributed by atoms with E-state index in [0.717, 1.165) is 62.5 Å². The van der Waals surface area contributed by atoms with Gasteiger partial charge in [-0.1, -0.05) is 189 Å². The number of methoxy groups -OCH3 is 2. The third kappa shape index (κ3) is 22.6. The molecule has 4 aliphatic rings. The van der Waals surface area contributed by atoms with Crippen LogP contribution >= 0.6 is 0 Å². The van der Waals surface area contributed by atoms with Crippen LogP contribution in [0.1, 0.15) is 90.0 Å². The first-order valence-electron chi connectivity index (χ1n) is 43.4. The number of hydrogen-bond donors (Lipinski definition) is 1. The standard InChI is InChI=1S/C31H33O2S.C23H23O2S.C21H21OS.C20H18OS.C19H17OS/c1-20-13-28(34(26-9-5-3-6-10-26)27-11-7-4-8-12-27)14-21(2)30(20)33-31(32)29-24-16-22-15-23(18-24)19-25(29)17-22;1-4-22(24)25-23-17(2)15-21(16-18(23)3)26(19-11-7-5-8-12-19)20-13-9-6-10-14-20;1-16-14-20(15-17(2)21(16)22-3)23(18-10-6-4-7-11-18)19-12-8-5-9-13-19;1-15-13-19(14-16(2)20(15)21)22(17-9-5-3-6-10-17)18-11-7-4-8-12-18;1-20-16-12-14-19(15-13-16)21(17-8-4-2-5-9-17)18-10-6-3-7-11-18/h3-14,22-25,29H,15-19H2,1-2H3;5-16H,4H2,1-3H3;4-15H,1-3H3;3-14H,1-2H3;2-15H,1H3/q3*+1;;+1/p+1. The zero-order chi connectivity index (χ0) is 88.0. The summed E-state index contributed by atoms with van der Waals surface area (Å²) in [6.07, 6.45) is 6.72. The highest BCUT2D eigenvalue weighted by Crippen LogP contribution is 2.57. The fourth-order valence-electron chi connectivity index (χ4n) is 17.7. The average Bonchev–Trinajstić information content (AvgIpc) is 0.732. The minimum atomic E-state index is -0.204. The van der Waals surface area contributed by atoms with Crippen molar-refractivity contribution in [2.45, 2.75) is 174 Å². The summed E-state index contributed by atoms with van der Waals surface area (Å²) < 4.78 is 22.5. The van der Waals surface area contributed by atoms with Gasteiger partial charge in [0.1, 0.15) is 28.7 Å². The summed E-state index contributed by atoms with van der Waals surface area (Å²) in [6, 6.07) is 132. The summed E-state index contributed by atoms with van der Waals surface area (Å²) in [5.41, 5.74) is 8.32. The van der Waals surface area contributed by atoms with Crippen LogP contribution < -0.4 is 18.9 Å². The van der Waals surface area contributed by atoms with Gasteiger partial charge in [0, 0.05) is 55.0 Å². The molecule has 0 amide bonds. The van der Waals surface area contributed by atoms with E-state index in [-0.39, 0.29) is 72.3 Å². The largest absolute Gasteiger partial charge is 0.507 e. The lowest BCUT2D eigenvalue weighted by molar-refractivity contribution is -0.152. The summed E-state index contributed by atoms with van der Waals surface area (Å²) >= 11 is 0. The highest BCUT2D eigenvalue weighted by molar-refractivity contribution is 7.98. The first-order valence-corrected chi connectivity index (χ1v) is 49.5. The molecule has 7 nitrogen and oxygen atoms in total. The monoisotopic (exact) mass is 1750 g/mol. The molecule has 126 heavy (non-hydrogen) atoms. The van der Waals surface area contributed by atoms with Crippen molar-refractivity contribution >= 4 is 66.4 Å². The maximum Gasteiger partial charge on any atom is 0.314 e. The van der Waals surface area contributed by atoms with Gasteiger partial charge >= 0.3 is 11.9 Å². The number of hydrogen-bond acceptors (Lipinski definition) is 7. The lowest BCUT2D eigenvalue weighted by Crippen LogP contribution is -2.49. The summed E-state index contributed by atoms with van der Waals surface area (Å²) in [5, 5.41) is 10.1. The van der Waals surface area contributed by atoms with E-state index >= 15 is 0 Å². The molecule has 1 N–H and O–H groups in total. The second-order valence-corrected chi connectivity index (χ2v) is 42.4. The van der Waals surface area contributed by atoms with Crippen LogP contribution in [0, 0.1) is 85.0 Å². The fourth-order valence-corrected chi connectivity index (χ4v) is 28.9. The zero-order valence-corrected chi connectivity index (χ0v) is 77.9. The molecule has 0 aliphatic heterocycles. The molecule has 15 aromatic carbocycles. The zero-order valence-electron chi connectivity index (χ0n) is 73.9. The molecule has 4 bridgehead atoms. The Morgan fingerprint density at radius 3 is 0.714 bits per heavy atom. The van der Waals surface area contributed by atoms with Gasteiger partial charge in [0.25, 0.3) is 0 Å². The summed E-state index contributed by atoms with van der Waals surface area (Å²) in [5.74, 6) is 6.48. The Morgan fingerprint density at radius 2 is 0.484 bits per heavy atom. The maximum atomic E-state index is 13.4. The van der Waals surface area contributed by atoms with Crippen molar-refractivity contribution in [3.8, 4) is 28.7 Å². The molecule has 4 saturated carbocycles. The van der Waals surface area contributed by atoms with Crippen molar-refractivity contribution in [1.82, 2.24) is 0 Å². The Morgan fingerprint density at radius 1 is 0.270 bits per heavy atom. The molecule has 0 unspecified atom stereocenters. The van der Waals surface area contributed by atoms with E-state index in [9.17, 15) is 14.7 Å². The lowest BCUT2D eigenvalue weighted by atomic mass is 9.52. The first kappa shape index (κ1) is 90.6. The van der Waals surface area contributed by atoms with E-state index in [1.165, 1.54) is 117 Å². The Labute approximate surface area is 761 Å². The van der Waals surface area contributed by atoms with Gasteiger partial charge in [-0.25, -0.2) is 0 Å². The Bertz CT molecular complexity index is 5700. The normalized spacial score (nSPS) is 15.2. The quantitative estimate of drug-likeness (QED) is 0.0435. The number of esters is 2. The summed E-state index contributed by atoms with van der Waals surface area (Å²) in [6.45, 7) is 18.2. The van der Waals surface area contributed by atoms with Crippen LogP contribution in [0.2, 0.25) is 0 Å². The molecule has 0 heterocycles. The van der Waals surface area contributed by atoms with E-state index in [2.05, 4.69) is 367 Å². The van der Waals surface area contributed by atoms with Gasteiger partial charge in [0.05, 0.1) is 74.6 Å². The SMILES string of the molecule is CCC(=O)Oc1c(C)cc([S+](c2ccccc2)c2ccccc2)cc1C.COc1c(C)cc([S+](c2ccccc2)c2ccccc2)cc1C.COc1ccc([S+](c2ccccc2)c2ccccc2)cc1.Cc1cc([S+](c2ccccc2)c2ccccc2)cc(C)c1O.Cc1cc([S+](c2ccccc2)c2ccccc2)cc(C)c1OC(=O)C1C2CC3CC(C2)CC1C3. The van der Waals surface area contributed by atoms with Crippen LogP contribution in [0.25, 0.3) is 0 Å². The molecule has 0 aromatic heterocycles. The molecule has 12 heteroatoms. The Balaban J connectivity index is 0.000000129. The van der Waals surface area contributed by atoms with Gasteiger partial charge in [-0.2, -0.15) is 0 Å². The van der Waals surface area contributed by atoms with Crippen molar-refractivity contribution in [3.63, 3.8) is 0 Å². The van der Waals surface area contributed by atoms with Crippen LogP contribution in [-0.2, 0) is 64.1 Å². The number of phenolic OH excluding ortho intramolecular Hbond substituents is 1. The van der Waals surface area contributed by atoms with Gasteiger partial charge in [-0.3, -0.25) is 9.59 Å². The van der Waals surface area contributed by atoms with Crippen LogP contribution in [0.5, 0.6) is 28.7 Å². The van der Waals surface area contributed by atoms with Gasteiger partial charge in [-0.15, -0.1) is 0 Å². The molecular formula is C114H113O7S5+5. The minimum Gasteiger partial charge on any atom is -0.507 e. The fraction of sp³-hybridized carbons (Fsp3) is 0.193. The van der Waals surface area contributed by atoms with Gasteiger partial charge in [-0.05, 0) is 301 Å². The molecule has 0 radical (unpaired) electrons. The van der Waals surface area contributed by atoms with E-state index in [1.54, 1.807) is 14.2 Å². The second-order valence-electron chi connectivity index (χ2n) is 32.3. The smallest absolute Gasteiger partial charge is 0.314 e. The van der Waals surface area contributed by atoms with Crippen molar-refractivity contribution < 1.29 is 33.6 Å². The first-order chi connectivity index (χ1) is 61.4. The maximum absolute atomic E-state index is 13.4. The van der Waals surface area contributed by atoms with Crippen molar-refractivity contribution in [1.29, 1.82) is 0 Å². The molecule has 4 aliphatic carbocycles. The van der Waals surface area contributed by atoms with Crippen LogP contribution in [-0.4, -0.2) is 31.3 Å². The topological polar surface area (TPSA) is 91.3 Å². The predicted octanol–water partition coefficient (Wildman–Crippen LogP) is 28.4. The highest BCUT2D eigenvalue weighted by atomic mass is 32.2. The lowest BCUT2D eigenvalue weighted by Gasteiger charge is -2.53. The molecule has 636 valence electrons. The van der Waals surface area contributed by atoms with E-state index < -0.39 is 0 Å². The number of carbonyl (C=O) groups excluding carboxylic acids is 2. The molecule has 19 rings (SSSR count). The van der Waals surface area contributed by atoms with Crippen LogP contribution in [0.3, 0.4) is 0 Å². The number of aromatic hydroxyl groups is 1. The van der Waals surface area contributed by atoms with Crippen molar-refractivity contribution in [3.05, 3.63) is 421 Å². The number of carbonyl (C=O) groups is 2. The summed E-state index contributed by atoms with van der Waals surface area (Å²) in [7, 11) is 2.70. The van der Waals surface area contributed by atoms with Gasteiger partial charge in [0.2, 0.25) is 0 Å². The molecule has 0 atom stereocenters. The molecule has 15 aromatic rings. The second kappa shape index (κ2) is 44.0. The van der Waals surface area contributed by atoms with E-state index in [1.807, 2.05) is 71.0 Å². The van der Waals surface area contributed by atoms with Crippen LogP contribution in [0.4, 0.5) is 0 Å². The number of aryl methyl sites for hydroxylation is 8. The van der Waals surface area contributed by atoms with Crippen molar-refractivity contribution in [2.24, 2.45) is 29.6 Å². The van der Waals surface area contributed by atoms with Gasteiger partial charge < -0.3 is 24.1 Å². The predicted molar refractivity (Wildman–Crippen MR) is 522 cm³/mol. The van der Waals surface area contributed by atoms with Gasteiger partial charge in [0.15, 0.2) is 73.4 Å². The number of rotatable bonds is 21. The van der Waals surface area contributed by atoms with Crippen molar-refractivity contribution in [2.75, 3.05) is 14.2 Å². The molecule has 0 spiro atoms. The van der Waals surface area contributed by atoms with E-state index in [4.69, 9.17) is 18.9 Å². The number of ether oxygens (including phenoxy) is 4. The minimum absolute atomic E-state index is 0.0258.